The van der Waals surface area contributed by atoms with Gasteiger partial charge in [0.25, 0.3) is 0 Å². The topological polar surface area (TPSA) is 25.8 Å². The average molecular weight is 197 g/mol. The molecule has 0 aliphatic carbocycles. The van der Waals surface area contributed by atoms with E-state index in [1.807, 2.05) is 0 Å². The SMILES string of the molecule is Cc1nnc(Cl)c(Cl)c1Cl. The lowest BCUT2D eigenvalue weighted by Gasteiger charge is -1.97. The molecule has 0 saturated heterocycles. The molecule has 0 radical (unpaired) electrons. The zero-order valence-corrected chi connectivity index (χ0v) is 7.30. The van der Waals surface area contributed by atoms with Crippen molar-refractivity contribution in [3.05, 3.63) is 20.9 Å². The molecular formula is C5H3Cl3N2. The number of hydrogen-bond acceptors (Lipinski definition) is 2. The van der Waals surface area contributed by atoms with Gasteiger partial charge >= 0.3 is 0 Å². The third-order valence-electron chi connectivity index (χ3n) is 0.979. The quantitative estimate of drug-likeness (QED) is 0.639. The Morgan fingerprint density at radius 1 is 1.00 bits per heavy atom. The first-order valence-electron chi connectivity index (χ1n) is 2.46. The Bertz CT molecular complexity index is 234. The summed E-state index contributed by atoms with van der Waals surface area (Å²) in [5.41, 5.74) is 0.580. The molecule has 2 nitrogen and oxygen atoms in total. The lowest BCUT2D eigenvalue weighted by Crippen LogP contribution is -1.88. The summed E-state index contributed by atoms with van der Waals surface area (Å²) < 4.78 is 0. The Morgan fingerprint density at radius 2 is 1.60 bits per heavy atom. The highest BCUT2D eigenvalue weighted by Gasteiger charge is 2.07. The molecule has 0 aliphatic rings. The first-order valence-corrected chi connectivity index (χ1v) is 3.60. The minimum absolute atomic E-state index is 0.136. The molecule has 0 atom stereocenters. The molecule has 1 aromatic heterocycles. The minimum Gasteiger partial charge on any atom is -0.153 e. The predicted octanol–water partition coefficient (Wildman–Crippen LogP) is 2.75. The van der Waals surface area contributed by atoms with Gasteiger partial charge in [-0.1, -0.05) is 34.8 Å². The van der Waals surface area contributed by atoms with Crippen LogP contribution in [0.4, 0.5) is 0 Å². The largest absolute Gasteiger partial charge is 0.171 e. The van der Waals surface area contributed by atoms with Crippen molar-refractivity contribution in [1.82, 2.24) is 10.2 Å². The highest BCUT2D eigenvalue weighted by molar-refractivity contribution is 6.47. The molecule has 0 spiro atoms. The van der Waals surface area contributed by atoms with Gasteiger partial charge in [0.05, 0.1) is 10.7 Å². The van der Waals surface area contributed by atoms with Crippen LogP contribution >= 0.6 is 34.8 Å². The maximum Gasteiger partial charge on any atom is 0.171 e. The molecule has 0 unspecified atom stereocenters. The van der Waals surface area contributed by atoms with Gasteiger partial charge < -0.3 is 0 Å². The average Bonchev–Trinajstić information content (AvgIpc) is 1.93. The van der Waals surface area contributed by atoms with Crippen LogP contribution in [-0.4, -0.2) is 10.2 Å². The van der Waals surface area contributed by atoms with Crippen molar-refractivity contribution in [3.8, 4) is 0 Å². The van der Waals surface area contributed by atoms with Gasteiger partial charge in [-0.25, -0.2) is 0 Å². The van der Waals surface area contributed by atoms with Crippen LogP contribution in [0.2, 0.25) is 15.2 Å². The van der Waals surface area contributed by atoms with Gasteiger partial charge in [-0.15, -0.1) is 5.10 Å². The molecule has 54 valence electrons. The van der Waals surface area contributed by atoms with E-state index in [-0.39, 0.29) is 10.2 Å². The van der Waals surface area contributed by atoms with Gasteiger partial charge in [0.2, 0.25) is 0 Å². The lowest BCUT2D eigenvalue weighted by atomic mass is 10.4. The summed E-state index contributed by atoms with van der Waals surface area (Å²) in [4.78, 5) is 0. The van der Waals surface area contributed by atoms with E-state index in [0.29, 0.717) is 10.7 Å². The standard InChI is InChI=1S/C5H3Cl3N2/c1-2-3(6)4(7)5(8)10-9-2/h1H3. The number of aromatic nitrogens is 2. The Balaban J connectivity index is 3.34. The van der Waals surface area contributed by atoms with Gasteiger partial charge in [-0.2, -0.15) is 5.10 Å². The van der Waals surface area contributed by atoms with Crippen LogP contribution in [0.25, 0.3) is 0 Å². The number of hydrogen-bond donors (Lipinski definition) is 0. The molecule has 5 heteroatoms. The molecule has 10 heavy (non-hydrogen) atoms. The fourth-order valence-corrected chi connectivity index (χ4v) is 0.939. The Labute approximate surface area is 73.1 Å². The summed E-state index contributed by atoms with van der Waals surface area (Å²) in [6, 6.07) is 0. The molecule has 0 N–H and O–H groups in total. The zero-order chi connectivity index (χ0) is 7.72. The van der Waals surface area contributed by atoms with Crippen molar-refractivity contribution in [1.29, 1.82) is 0 Å². The van der Waals surface area contributed by atoms with Gasteiger partial charge in [0.1, 0.15) is 5.02 Å². The fourth-order valence-electron chi connectivity index (χ4n) is 0.456. The van der Waals surface area contributed by atoms with E-state index >= 15 is 0 Å². The fraction of sp³-hybridized carbons (Fsp3) is 0.200. The lowest BCUT2D eigenvalue weighted by molar-refractivity contribution is 0.981. The number of aryl methyl sites for hydroxylation is 1. The second kappa shape index (κ2) is 2.91. The summed E-state index contributed by atoms with van der Waals surface area (Å²) in [5.74, 6) is 0. The summed E-state index contributed by atoms with van der Waals surface area (Å²) in [5, 5.41) is 7.94. The van der Waals surface area contributed by atoms with Crippen LogP contribution in [-0.2, 0) is 0 Å². The molecule has 0 aromatic carbocycles. The maximum absolute atomic E-state index is 5.66. The van der Waals surface area contributed by atoms with Crippen LogP contribution in [0.15, 0.2) is 0 Å². The molecule has 1 aromatic rings. The van der Waals surface area contributed by atoms with Gasteiger partial charge in [0, 0.05) is 0 Å². The maximum atomic E-state index is 5.66. The molecule has 0 amide bonds. The second-order valence-electron chi connectivity index (χ2n) is 1.70. The molecule has 0 fully saturated rings. The summed E-state index contributed by atoms with van der Waals surface area (Å²) >= 11 is 16.8. The van der Waals surface area contributed by atoms with Gasteiger partial charge in [-0.05, 0) is 6.92 Å². The summed E-state index contributed by atoms with van der Waals surface area (Å²) in [6.45, 7) is 1.71. The Kier molecular flexibility index (Phi) is 2.34. The van der Waals surface area contributed by atoms with Crippen molar-refractivity contribution >= 4 is 34.8 Å². The molecule has 0 saturated carbocycles. The molecule has 0 bridgehead atoms. The normalized spacial score (nSPS) is 10.0. The summed E-state index contributed by atoms with van der Waals surface area (Å²) in [7, 11) is 0. The predicted molar refractivity (Wildman–Crippen MR) is 41.8 cm³/mol. The van der Waals surface area contributed by atoms with E-state index in [2.05, 4.69) is 10.2 Å². The van der Waals surface area contributed by atoms with Crippen molar-refractivity contribution in [2.24, 2.45) is 0 Å². The highest BCUT2D eigenvalue weighted by atomic mass is 35.5. The molecular weight excluding hydrogens is 194 g/mol. The van der Waals surface area contributed by atoms with Crippen LogP contribution < -0.4 is 0 Å². The van der Waals surface area contributed by atoms with E-state index in [0.717, 1.165) is 0 Å². The van der Waals surface area contributed by atoms with E-state index < -0.39 is 0 Å². The zero-order valence-electron chi connectivity index (χ0n) is 5.03. The van der Waals surface area contributed by atoms with Crippen LogP contribution in [0.3, 0.4) is 0 Å². The number of halogens is 3. The van der Waals surface area contributed by atoms with Crippen molar-refractivity contribution < 1.29 is 0 Å². The molecule has 1 heterocycles. The van der Waals surface area contributed by atoms with Crippen molar-refractivity contribution in [2.75, 3.05) is 0 Å². The second-order valence-corrected chi connectivity index (χ2v) is 2.82. The minimum atomic E-state index is 0.136. The van der Waals surface area contributed by atoms with Crippen LogP contribution in [0.5, 0.6) is 0 Å². The number of rotatable bonds is 0. The molecule has 0 aliphatic heterocycles. The van der Waals surface area contributed by atoms with Gasteiger partial charge in [0.15, 0.2) is 5.15 Å². The van der Waals surface area contributed by atoms with Crippen LogP contribution in [0, 0.1) is 6.92 Å². The monoisotopic (exact) mass is 196 g/mol. The third-order valence-corrected chi connectivity index (χ3v) is 2.27. The van der Waals surface area contributed by atoms with E-state index in [1.54, 1.807) is 6.92 Å². The smallest absolute Gasteiger partial charge is 0.153 e. The highest BCUT2D eigenvalue weighted by Crippen LogP contribution is 2.28. The van der Waals surface area contributed by atoms with Crippen molar-refractivity contribution in [3.63, 3.8) is 0 Å². The van der Waals surface area contributed by atoms with Gasteiger partial charge in [-0.3, -0.25) is 0 Å². The van der Waals surface area contributed by atoms with E-state index in [4.69, 9.17) is 34.8 Å². The Morgan fingerprint density at radius 3 is 2.10 bits per heavy atom. The van der Waals surface area contributed by atoms with Crippen LogP contribution in [0.1, 0.15) is 5.69 Å². The third kappa shape index (κ3) is 1.34. The van der Waals surface area contributed by atoms with E-state index in [1.165, 1.54) is 0 Å². The number of nitrogens with zero attached hydrogens (tertiary/aromatic N) is 2. The summed E-state index contributed by atoms with van der Waals surface area (Å²) in [6.07, 6.45) is 0. The first-order chi connectivity index (χ1) is 4.63. The first kappa shape index (κ1) is 8.05. The van der Waals surface area contributed by atoms with Crippen molar-refractivity contribution in [2.45, 2.75) is 6.92 Å². The Hall–Kier alpha value is -0.0500. The van der Waals surface area contributed by atoms with E-state index in [9.17, 15) is 0 Å². The molecule has 1 rings (SSSR count).